The number of oxazole rings is 1. The van der Waals surface area contributed by atoms with Gasteiger partial charge in [-0.25, -0.2) is 14.2 Å². The van der Waals surface area contributed by atoms with Crippen molar-refractivity contribution in [2.24, 2.45) is 0 Å². The van der Waals surface area contributed by atoms with Gasteiger partial charge in [-0.1, -0.05) is 12.1 Å². The normalized spacial score (nSPS) is 10.2. The molecule has 5 heteroatoms. The topological polar surface area (TPSA) is 63.3 Å². The highest BCUT2D eigenvalue weighted by Crippen LogP contribution is 2.25. The first kappa shape index (κ1) is 9.39. The highest BCUT2D eigenvalue weighted by Gasteiger charge is 2.19. The SMILES string of the molecule is O=C(O)c1ncoc1-c1ccccc1F. The van der Waals surface area contributed by atoms with E-state index in [-0.39, 0.29) is 17.0 Å². The van der Waals surface area contributed by atoms with E-state index in [2.05, 4.69) is 4.98 Å². The van der Waals surface area contributed by atoms with Crippen LogP contribution in [0.5, 0.6) is 0 Å². The van der Waals surface area contributed by atoms with E-state index in [1.807, 2.05) is 0 Å². The number of nitrogens with zero attached hydrogens (tertiary/aromatic N) is 1. The number of benzene rings is 1. The zero-order valence-corrected chi connectivity index (χ0v) is 7.48. The average Bonchev–Trinajstić information content (AvgIpc) is 2.67. The van der Waals surface area contributed by atoms with Gasteiger partial charge in [0.05, 0.1) is 5.56 Å². The molecule has 76 valence electrons. The monoisotopic (exact) mass is 207 g/mol. The Morgan fingerprint density at radius 3 is 2.80 bits per heavy atom. The zero-order chi connectivity index (χ0) is 10.8. The summed E-state index contributed by atoms with van der Waals surface area (Å²) in [7, 11) is 0. The van der Waals surface area contributed by atoms with Crippen LogP contribution < -0.4 is 0 Å². The Labute approximate surface area is 84.0 Å². The summed E-state index contributed by atoms with van der Waals surface area (Å²) in [6.07, 6.45) is 0.977. The van der Waals surface area contributed by atoms with Crippen LogP contribution in [0.3, 0.4) is 0 Å². The molecule has 15 heavy (non-hydrogen) atoms. The minimum absolute atomic E-state index is 0.0689. The van der Waals surface area contributed by atoms with E-state index in [0.29, 0.717) is 0 Å². The van der Waals surface area contributed by atoms with Crippen molar-refractivity contribution < 1.29 is 18.7 Å². The summed E-state index contributed by atoms with van der Waals surface area (Å²) in [6, 6.07) is 5.76. The van der Waals surface area contributed by atoms with Crippen molar-refractivity contribution >= 4 is 5.97 Å². The van der Waals surface area contributed by atoms with Crippen molar-refractivity contribution in [1.82, 2.24) is 4.98 Å². The van der Waals surface area contributed by atoms with Gasteiger partial charge in [0, 0.05) is 0 Å². The number of aromatic nitrogens is 1. The predicted molar refractivity (Wildman–Crippen MR) is 48.9 cm³/mol. The Morgan fingerprint density at radius 1 is 1.40 bits per heavy atom. The van der Waals surface area contributed by atoms with Gasteiger partial charge in [0.2, 0.25) is 0 Å². The van der Waals surface area contributed by atoms with Crippen LogP contribution in [-0.2, 0) is 0 Å². The van der Waals surface area contributed by atoms with E-state index >= 15 is 0 Å². The molecule has 0 aliphatic heterocycles. The fourth-order valence-corrected chi connectivity index (χ4v) is 1.23. The van der Waals surface area contributed by atoms with E-state index in [4.69, 9.17) is 9.52 Å². The fourth-order valence-electron chi connectivity index (χ4n) is 1.23. The molecule has 0 aliphatic carbocycles. The molecule has 1 aromatic heterocycles. The molecule has 0 spiro atoms. The molecule has 1 aromatic carbocycles. The number of hydrogen-bond acceptors (Lipinski definition) is 3. The molecule has 0 aliphatic rings. The molecule has 0 saturated heterocycles. The van der Waals surface area contributed by atoms with Gasteiger partial charge in [-0.05, 0) is 12.1 Å². The van der Waals surface area contributed by atoms with Gasteiger partial charge in [-0.15, -0.1) is 0 Å². The number of aromatic carboxylic acids is 1. The zero-order valence-electron chi connectivity index (χ0n) is 7.48. The lowest BCUT2D eigenvalue weighted by Gasteiger charge is -1.98. The van der Waals surface area contributed by atoms with Crippen LogP contribution in [0.15, 0.2) is 35.1 Å². The molecule has 0 bridgehead atoms. The molecule has 0 radical (unpaired) electrons. The summed E-state index contributed by atoms with van der Waals surface area (Å²) in [5.41, 5.74) is -0.201. The number of halogens is 1. The van der Waals surface area contributed by atoms with Gasteiger partial charge in [0.1, 0.15) is 5.82 Å². The van der Waals surface area contributed by atoms with Crippen molar-refractivity contribution in [3.05, 3.63) is 42.2 Å². The summed E-state index contributed by atoms with van der Waals surface area (Å²) in [5.74, 6) is -1.86. The third-order valence-corrected chi connectivity index (χ3v) is 1.89. The first-order chi connectivity index (χ1) is 7.20. The van der Waals surface area contributed by atoms with E-state index < -0.39 is 11.8 Å². The third kappa shape index (κ3) is 1.59. The minimum atomic E-state index is -1.25. The van der Waals surface area contributed by atoms with Crippen molar-refractivity contribution in [1.29, 1.82) is 0 Å². The predicted octanol–water partition coefficient (Wildman–Crippen LogP) is 2.18. The Hall–Kier alpha value is -2.17. The highest BCUT2D eigenvalue weighted by atomic mass is 19.1. The molecule has 0 amide bonds. The number of rotatable bonds is 2. The van der Waals surface area contributed by atoms with Crippen LogP contribution in [0, 0.1) is 5.82 Å². The molecule has 0 atom stereocenters. The molecular weight excluding hydrogens is 201 g/mol. The maximum atomic E-state index is 13.3. The molecule has 2 rings (SSSR count). The maximum Gasteiger partial charge on any atom is 0.358 e. The number of carboxylic acid groups (broad SMARTS) is 1. The quantitative estimate of drug-likeness (QED) is 0.819. The molecule has 0 fully saturated rings. The molecule has 1 N–H and O–H groups in total. The Balaban J connectivity index is 2.59. The van der Waals surface area contributed by atoms with Crippen LogP contribution >= 0.6 is 0 Å². The van der Waals surface area contributed by atoms with Gasteiger partial charge in [-0.3, -0.25) is 0 Å². The van der Waals surface area contributed by atoms with Crippen LogP contribution in [-0.4, -0.2) is 16.1 Å². The van der Waals surface area contributed by atoms with Crippen molar-refractivity contribution in [3.8, 4) is 11.3 Å². The van der Waals surface area contributed by atoms with E-state index in [1.54, 1.807) is 6.07 Å². The Bertz CT molecular complexity index is 507. The second kappa shape index (κ2) is 3.53. The maximum absolute atomic E-state index is 13.3. The summed E-state index contributed by atoms with van der Waals surface area (Å²) in [5, 5.41) is 8.76. The van der Waals surface area contributed by atoms with Crippen LogP contribution in [0.25, 0.3) is 11.3 Å². The van der Waals surface area contributed by atoms with E-state index in [9.17, 15) is 9.18 Å². The van der Waals surface area contributed by atoms with Crippen molar-refractivity contribution in [2.45, 2.75) is 0 Å². The van der Waals surface area contributed by atoms with Gasteiger partial charge in [-0.2, -0.15) is 0 Å². The van der Waals surface area contributed by atoms with Crippen molar-refractivity contribution in [3.63, 3.8) is 0 Å². The minimum Gasteiger partial charge on any atom is -0.476 e. The Kier molecular flexibility index (Phi) is 2.21. The number of hydrogen-bond donors (Lipinski definition) is 1. The second-order valence-corrected chi connectivity index (χ2v) is 2.82. The molecule has 2 aromatic rings. The average molecular weight is 207 g/mol. The summed E-state index contributed by atoms with van der Waals surface area (Å²) >= 11 is 0. The summed E-state index contributed by atoms with van der Waals surface area (Å²) < 4.78 is 18.2. The highest BCUT2D eigenvalue weighted by molar-refractivity contribution is 5.92. The van der Waals surface area contributed by atoms with Crippen LogP contribution in [0.2, 0.25) is 0 Å². The fraction of sp³-hybridized carbons (Fsp3) is 0. The summed E-state index contributed by atoms with van der Waals surface area (Å²) in [4.78, 5) is 14.2. The van der Waals surface area contributed by atoms with Crippen molar-refractivity contribution in [2.75, 3.05) is 0 Å². The standard InChI is InChI=1S/C10H6FNO3/c11-7-4-2-1-3-6(7)9-8(10(13)14)12-5-15-9/h1-5H,(H,13,14). The lowest BCUT2D eigenvalue weighted by Crippen LogP contribution is -1.99. The Morgan fingerprint density at radius 2 is 2.13 bits per heavy atom. The van der Waals surface area contributed by atoms with E-state index in [1.165, 1.54) is 18.2 Å². The summed E-state index contributed by atoms with van der Waals surface area (Å²) in [6.45, 7) is 0. The van der Waals surface area contributed by atoms with Crippen LogP contribution in [0.1, 0.15) is 10.5 Å². The molecule has 4 nitrogen and oxygen atoms in total. The largest absolute Gasteiger partial charge is 0.476 e. The number of carbonyl (C=O) groups is 1. The van der Waals surface area contributed by atoms with Gasteiger partial charge in [0.25, 0.3) is 0 Å². The van der Waals surface area contributed by atoms with Gasteiger partial charge < -0.3 is 9.52 Å². The van der Waals surface area contributed by atoms with Crippen LogP contribution in [0.4, 0.5) is 4.39 Å². The number of carboxylic acids is 1. The molecule has 0 saturated carbocycles. The first-order valence-corrected chi connectivity index (χ1v) is 4.12. The lowest BCUT2D eigenvalue weighted by atomic mass is 10.1. The molecular formula is C10H6FNO3. The lowest BCUT2D eigenvalue weighted by molar-refractivity contribution is 0.0691. The molecule has 0 unspecified atom stereocenters. The smallest absolute Gasteiger partial charge is 0.358 e. The van der Waals surface area contributed by atoms with E-state index in [0.717, 1.165) is 6.39 Å². The second-order valence-electron chi connectivity index (χ2n) is 2.82. The van der Waals surface area contributed by atoms with Gasteiger partial charge in [0.15, 0.2) is 17.8 Å². The van der Waals surface area contributed by atoms with Gasteiger partial charge >= 0.3 is 5.97 Å². The molecule has 1 heterocycles. The third-order valence-electron chi connectivity index (χ3n) is 1.89. The first-order valence-electron chi connectivity index (χ1n) is 4.12.